The van der Waals surface area contributed by atoms with Gasteiger partial charge in [-0.3, -0.25) is 19.3 Å². The van der Waals surface area contributed by atoms with E-state index in [1.807, 2.05) is 24.0 Å². The molecule has 2 aromatic carbocycles. The molecule has 1 saturated heterocycles. The van der Waals surface area contributed by atoms with Gasteiger partial charge in [0.2, 0.25) is 5.91 Å². The van der Waals surface area contributed by atoms with Gasteiger partial charge in [0.1, 0.15) is 0 Å². The average molecular weight is 405 g/mol. The van der Waals surface area contributed by atoms with Gasteiger partial charge in [-0.05, 0) is 56.2 Å². The number of likely N-dealkylation sites (tertiary alicyclic amines) is 1. The second kappa shape index (κ2) is 8.82. The molecule has 0 unspecified atom stereocenters. The monoisotopic (exact) mass is 404 g/mol. The number of carbonyl (C=O) groups is 3. The minimum atomic E-state index is -0.246. The van der Waals surface area contributed by atoms with Crippen LogP contribution in [0.15, 0.2) is 48.5 Å². The number of hydrogen-bond donors (Lipinski definition) is 0. The molecule has 2 heterocycles. The van der Waals surface area contributed by atoms with E-state index in [0.29, 0.717) is 36.4 Å². The molecule has 4 rings (SSSR count). The summed E-state index contributed by atoms with van der Waals surface area (Å²) in [6.07, 6.45) is 4.00. The van der Waals surface area contributed by atoms with E-state index >= 15 is 0 Å². The molecule has 0 N–H and O–H groups in total. The van der Waals surface area contributed by atoms with Crippen molar-refractivity contribution in [3.05, 3.63) is 70.8 Å². The maximum absolute atomic E-state index is 12.6. The van der Waals surface area contributed by atoms with Gasteiger partial charge >= 0.3 is 0 Å². The largest absolute Gasteiger partial charge is 0.343 e. The quantitative estimate of drug-likeness (QED) is 0.687. The molecule has 2 aliphatic rings. The standard InChI is InChI=1S/C25H28N2O3/c1-18-9-10-21-22(16-18)25(30)27(24(21)29)13-5-8-23(28)26-14-11-20(12-15-26)17-19-6-3-2-4-7-19/h2-4,6-7,9-10,16,20H,5,8,11-15,17H2,1H3. The summed E-state index contributed by atoms with van der Waals surface area (Å²) in [6.45, 7) is 3.79. The first-order valence-corrected chi connectivity index (χ1v) is 10.8. The summed E-state index contributed by atoms with van der Waals surface area (Å²) in [5.74, 6) is 0.260. The van der Waals surface area contributed by atoms with Gasteiger partial charge in [-0.15, -0.1) is 0 Å². The molecule has 0 spiro atoms. The zero-order valence-corrected chi connectivity index (χ0v) is 17.5. The van der Waals surface area contributed by atoms with Crippen LogP contribution in [0.5, 0.6) is 0 Å². The van der Waals surface area contributed by atoms with E-state index in [1.54, 1.807) is 12.1 Å². The van der Waals surface area contributed by atoms with E-state index in [4.69, 9.17) is 0 Å². The zero-order chi connectivity index (χ0) is 21.1. The first-order chi connectivity index (χ1) is 14.5. The van der Waals surface area contributed by atoms with Gasteiger partial charge in [0, 0.05) is 26.1 Å². The Hall–Kier alpha value is -2.95. The van der Waals surface area contributed by atoms with Gasteiger partial charge in [-0.2, -0.15) is 0 Å². The molecule has 156 valence electrons. The molecular weight excluding hydrogens is 376 g/mol. The van der Waals surface area contributed by atoms with Crippen LogP contribution in [0, 0.1) is 12.8 Å². The lowest BCUT2D eigenvalue weighted by Crippen LogP contribution is -2.39. The molecule has 2 aromatic rings. The second-order valence-corrected chi connectivity index (χ2v) is 8.43. The van der Waals surface area contributed by atoms with E-state index < -0.39 is 0 Å². The maximum Gasteiger partial charge on any atom is 0.261 e. The Morgan fingerprint density at radius 2 is 1.67 bits per heavy atom. The van der Waals surface area contributed by atoms with Crippen molar-refractivity contribution in [2.24, 2.45) is 5.92 Å². The van der Waals surface area contributed by atoms with Gasteiger partial charge in [-0.1, -0.05) is 42.0 Å². The first-order valence-electron chi connectivity index (χ1n) is 10.8. The highest BCUT2D eigenvalue weighted by molar-refractivity contribution is 6.21. The van der Waals surface area contributed by atoms with E-state index in [-0.39, 0.29) is 17.7 Å². The number of hydrogen-bond acceptors (Lipinski definition) is 3. The van der Waals surface area contributed by atoms with Gasteiger partial charge in [-0.25, -0.2) is 0 Å². The molecule has 0 aliphatic carbocycles. The molecule has 5 heteroatoms. The fraction of sp³-hybridized carbons (Fsp3) is 0.400. The third-order valence-electron chi connectivity index (χ3n) is 6.23. The molecule has 5 nitrogen and oxygen atoms in total. The molecule has 2 aliphatic heterocycles. The summed E-state index contributed by atoms with van der Waals surface area (Å²) in [6, 6.07) is 15.8. The van der Waals surface area contributed by atoms with E-state index in [1.165, 1.54) is 10.5 Å². The Kier molecular flexibility index (Phi) is 5.98. The molecule has 0 atom stereocenters. The summed E-state index contributed by atoms with van der Waals surface area (Å²) in [4.78, 5) is 40.8. The third-order valence-corrected chi connectivity index (χ3v) is 6.23. The van der Waals surface area contributed by atoms with E-state index in [0.717, 1.165) is 37.9 Å². The molecule has 0 saturated carbocycles. The van der Waals surface area contributed by atoms with Gasteiger partial charge in [0.05, 0.1) is 11.1 Å². The van der Waals surface area contributed by atoms with Crippen LogP contribution in [0.2, 0.25) is 0 Å². The third kappa shape index (κ3) is 4.30. The van der Waals surface area contributed by atoms with Crippen LogP contribution in [0.1, 0.15) is 57.5 Å². The predicted molar refractivity (Wildman–Crippen MR) is 115 cm³/mol. The molecular formula is C25H28N2O3. The van der Waals surface area contributed by atoms with Crippen molar-refractivity contribution in [1.29, 1.82) is 0 Å². The van der Waals surface area contributed by atoms with Gasteiger partial charge in [0.15, 0.2) is 0 Å². The summed E-state index contributed by atoms with van der Waals surface area (Å²) in [5, 5.41) is 0. The first kappa shape index (κ1) is 20.3. The smallest absolute Gasteiger partial charge is 0.261 e. The summed E-state index contributed by atoms with van der Waals surface area (Å²) >= 11 is 0. The Balaban J connectivity index is 1.22. The summed E-state index contributed by atoms with van der Waals surface area (Å²) in [5.41, 5.74) is 3.27. The molecule has 3 amide bonds. The van der Waals surface area contributed by atoms with Gasteiger partial charge in [0.25, 0.3) is 11.8 Å². The minimum Gasteiger partial charge on any atom is -0.343 e. The molecule has 0 aromatic heterocycles. The lowest BCUT2D eigenvalue weighted by Gasteiger charge is -2.32. The van der Waals surface area contributed by atoms with Crippen LogP contribution in [0.4, 0.5) is 0 Å². The zero-order valence-electron chi connectivity index (χ0n) is 17.5. The molecule has 30 heavy (non-hydrogen) atoms. The van der Waals surface area contributed by atoms with Crippen molar-refractivity contribution >= 4 is 17.7 Å². The van der Waals surface area contributed by atoms with Crippen molar-refractivity contribution < 1.29 is 14.4 Å². The second-order valence-electron chi connectivity index (χ2n) is 8.43. The molecule has 0 radical (unpaired) electrons. The highest BCUT2D eigenvalue weighted by Crippen LogP contribution is 2.25. The highest BCUT2D eigenvalue weighted by atomic mass is 16.2. The number of carbonyl (C=O) groups excluding carboxylic acids is 3. The van der Waals surface area contributed by atoms with E-state index in [2.05, 4.69) is 24.3 Å². The van der Waals surface area contributed by atoms with Crippen LogP contribution < -0.4 is 0 Å². The van der Waals surface area contributed by atoms with Crippen LogP contribution in [-0.2, 0) is 11.2 Å². The number of benzene rings is 2. The number of piperidine rings is 1. The highest BCUT2D eigenvalue weighted by Gasteiger charge is 2.35. The van der Waals surface area contributed by atoms with E-state index in [9.17, 15) is 14.4 Å². The lowest BCUT2D eigenvalue weighted by atomic mass is 9.90. The van der Waals surface area contributed by atoms with Crippen LogP contribution in [-0.4, -0.2) is 47.2 Å². The summed E-state index contributed by atoms with van der Waals surface area (Å²) in [7, 11) is 0. The number of nitrogens with zero attached hydrogens (tertiary/aromatic N) is 2. The van der Waals surface area contributed by atoms with Crippen molar-refractivity contribution in [3.63, 3.8) is 0 Å². The van der Waals surface area contributed by atoms with Crippen LogP contribution >= 0.6 is 0 Å². The number of aryl methyl sites for hydroxylation is 1. The molecule has 1 fully saturated rings. The van der Waals surface area contributed by atoms with Crippen molar-refractivity contribution in [2.75, 3.05) is 19.6 Å². The Morgan fingerprint density at radius 1 is 0.967 bits per heavy atom. The Bertz CT molecular complexity index is 946. The van der Waals surface area contributed by atoms with Crippen LogP contribution in [0.25, 0.3) is 0 Å². The SMILES string of the molecule is Cc1ccc2c(c1)C(=O)N(CCCC(=O)N1CCC(Cc3ccccc3)CC1)C2=O. The fourth-order valence-electron chi connectivity index (χ4n) is 4.49. The Morgan fingerprint density at radius 3 is 2.40 bits per heavy atom. The van der Waals surface area contributed by atoms with Crippen molar-refractivity contribution in [1.82, 2.24) is 9.80 Å². The lowest BCUT2D eigenvalue weighted by molar-refractivity contribution is -0.132. The van der Waals surface area contributed by atoms with Crippen molar-refractivity contribution in [2.45, 2.75) is 39.0 Å². The predicted octanol–water partition coefficient (Wildman–Crippen LogP) is 3.85. The number of rotatable bonds is 6. The minimum absolute atomic E-state index is 0.126. The summed E-state index contributed by atoms with van der Waals surface area (Å²) < 4.78 is 0. The van der Waals surface area contributed by atoms with Gasteiger partial charge < -0.3 is 4.90 Å². The number of fused-ring (bicyclic) bond motifs is 1. The van der Waals surface area contributed by atoms with Crippen LogP contribution in [0.3, 0.4) is 0 Å². The topological polar surface area (TPSA) is 57.7 Å². The normalized spacial score (nSPS) is 16.8. The number of imide groups is 1. The fourth-order valence-corrected chi connectivity index (χ4v) is 4.49. The Labute approximate surface area is 177 Å². The average Bonchev–Trinajstić information content (AvgIpc) is 2.99. The number of amides is 3. The maximum atomic E-state index is 12.6. The van der Waals surface area contributed by atoms with Crippen molar-refractivity contribution in [3.8, 4) is 0 Å². The molecule has 0 bridgehead atoms.